The van der Waals surface area contributed by atoms with Gasteiger partial charge in [-0.05, 0) is 104 Å². The lowest BCUT2D eigenvalue weighted by atomic mass is 9.37. The first kappa shape index (κ1) is 35.0. The Morgan fingerprint density at radius 2 is 1.80 bits per heavy atom. The topological polar surface area (TPSA) is 140 Å². The molecule has 0 aromatic rings. The third-order valence-corrected chi connectivity index (χ3v) is 12.9. The van der Waals surface area contributed by atoms with Crippen LogP contribution in [0.4, 0.5) is 0 Å². The molecule has 5 rings (SSSR count). The van der Waals surface area contributed by atoms with Crippen LogP contribution < -0.4 is 0 Å². The van der Waals surface area contributed by atoms with E-state index in [4.69, 9.17) is 14.2 Å². The third-order valence-electron chi connectivity index (χ3n) is 12.9. The van der Waals surface area contributed by atoms with E-state index in [1.807, 2.05) is 19.9 Å². The molecule has 0 aromatic carbocycles. The van der Waals surface area contributed by atoms with Crippen molar-refractivity contribution < 1.29 is 43.9 Å². The predicted octanol–water partition coefficient (Wildman–Crippen LogP) is 5.53. The van der Waals surface area contributed by atoms with Gasteiger partial charge in [0.2, 0.25) is 0 Å². The van der Waals surface area contributed by atoms with E-state index in [1.54, 1.807) is 12.2 Å². The number of rotatable bonds is 8. The number of hydrogen-bond acceptors (Lipinski definition) is 8. The Morgan fingerprint density at radius 3 is 2.43 bits per heavy atom. The number of esters is 1. The molecule has 2 unspecified atom stereocenters. The number of ether oxygens (including phenoxy) is 3. The second kappa shape index (κ2) is 12.9. The summed E-state index contributed by atoms with van der Waals surface area (Å²) in [7, 11) is 0. The molecule has 256 valence electrons. The van der Waals surface area contributed by atoms with Gasteiger partial charge in [0, 0.05) is 24.8 Å². The molecule has 12 atom stereocenters. The zero-order chi connectivity index (χ0) is 33.8. The minimum absolute atomic E-state index is 0.0954. The molecule has 4 saturated carbocycles. The largest absolute Gasteiger partial charge is 0.478 e. The summed E-state index contributed by atoms with van der Waals surface area (Å²) in [5.74, 6) is -1.37. The van der Waals surface area contributed by atoms with Crippen LogP contribution >= 0.6 is 0 Å². The third kappa shape index (κ3) is 5.84. The van der Waals surface area contributed by atoms with E-state index < -0.39 is 47.4 Å². The van der Waals surface area contributed by atoms with Gasteiger partial charge in [0.25, 0.3) is 0 Å². The number of aliphatic hydroxyl groups is 2. The summed E-state index contributed by atoms with van der Waals surface area (Å²) in [5, 5.41) is 30.1. The van der Waals surface area contributed by atoms with Crippen LogP contribution in [0.3, 0.4) is 0 Å². The normalized spacial score (nSPS) is 44.5. The van der Waals surface area contributed by atoms with Gasteiger partial charge < -0.3 is 29.5 Å². The van der Waals surface area contributed by atoms with Crippen molar-refractivity contribution in [1.29, 1.82) is 0 Å². The van der Waals surface area contributed by atoms with Crippen molar-refractivity contribution in [2.75, 3.05) is 6.61 Å². The van der Waals surface area contributed by atoms with Gasteiger partial charge in [-0.2, -0.15) is 0 Å². The summed E-state index contributed by atoms with van der Waals surface area (Å²) in [6, 6.07) is 0. The van der Waals surface area contributed by atoms with Gasteiger partial charge in [0.15, 0.2) is 6.29 Å². The minimum atomic E-state index is -1.00. The molecule has 3 N–H and O–H groups in total. The second-order valence-corrected chi connectivity index (χ2v) is 15.7. The molecule has 1 aliphatic heterocycles. The molecule has 9 heteroatoms. The Balaban J connectivity index is 1.46. The number of Topliss-reactive ketones (excluding diaryl/α,β-unsaturated/α-hetero) is 1. The molecule has 0 amide bonds. The summed E-state index contributed by atoms with van der Waals surface area (Å²) in [5.41, 5.74) is 0.936. The SMILES string of the molecule is CC(=O)O[C@H]1C[C@@]2(C)[C@@H](CC(=O)C3[C@]2(C)CC[C@H]2[C@H](C)[C@H](OC4C=C[C@H](O)[C@@H](CO)O4)CC[C@]32C)/C1=C(/CCC=C(C)C)C(=O)O. The first-order valence-electron chi connectivity index (χ1n) is 17.1. The Bertz CT molecular complexity index is 1310. The lowest BCUT2D eigenvalue weighted by Gasteiger charge is -2.67. The summed E-state index contributed by atoms with van der Waals surface area (Å²) in [4.78, 5) is 39.7. The molecule has 5 aliphatic rings. The van der Waals surface area contributed by atoms with E-state index in [2.05, 4.69) is 27.7 Å². The Morgan fingerprint density at radius 1 is 1.09 bits per heavy atom. The van der Waals surface area contributed by atoms with E-state index in [0.29, 0.717) is 24.8 Å². The van der Waals surface area contributed by atoms with Crippen LogP contribution in [0, 0.1) is 39.9 Å². The molecule has 0 aromatic heterocycles. The molecule has 0 bridgehead atoms. The standard InChI is InChI=1S/C37H54O9/c1-20(2)9-8-10-23(34(42)43)32-25-17-27(41)33-35(5)15-14-28(45-31-12-11-26(40)30(19-38)46-31)21(3)24(35)13-16-36(33,6)37(25,7)18-29(32)44-22(4)39/h9,11-12,21,24-26,28-31,33,38,40H,8,10,13-19H2,1-7H3,(H,42,43)/b32-23+/t21-,24-,25-,26-,28+,29-,30+,31?,33?,35-,36-,37-/m0/s1. The van der Waals surface area contributed by atoms with Crippen LogP contribution in [0.15, 0.2) is 34.9 Å². The van der Waals surface area contributed by atoms with E-state index in [1.165, 1.54) is 6.92 Å². The van der Waals surface area contributed by atoms with Crippen molar-refractivity contribution in [3.05, 3.63) is 34.9 Å². The van der Waals surface area contributed by atoms with Crippen LogP contribution in [0.25, 0.3) is 0 Å². The quantitative estimate of drug-likeness (QED) is 0.177. The van der Waals surface area contributed by atoms with Gasteiger partial charge in [-0.25, -0.2) is 4.79 Å². The summed E-state index contributed by atoms with van der Waals surface area (Å²) >= 11 is 0. The first-order valence-corrected chi connectivity index (χ1v) is 17.1. The number of allylic oxidation sites excluding steroid dienone is 2. The van der Waals surface area contributed by atoms with Crippen molar-refractivity contribution in [3.8, 4) is 0 Å². The van der Waals surface area contributed by atoms with Crippen molar-refractivity contribution in [2.24, 2.45) is 39.9 Å². The maximum atomic E-state index is 14.6. The molecular formula is C37H54O9. The highest BCUT2D eigenvalue weighted by Gasteiger charge is 2.71. The fraction of sp³-hybridized carbons (Fsp3) is 0.757. The highest BCUT2D eigenvalue weighted by Crippen LogP contribution is 2.73. The number of hydrogen-bond donors (Lipinski definition) is 3. The fourth-order valence-corrected chi connectivity index (χ4v) is 10.7. The highest BCUT2D eigenvalue weighted by atomic mass is 16.7. The summed E-state index contributed by atoms with van der Waals surface area (Å²) in [6.07, 6.45) is 7.28. The molecule has 4 aliphatic carbocycles. The Hall–Kier alpha value is -2.33. The molecule has 9 nitrogen and oxygen atoms in total. The fourth-order valence-electron chi connectivity index (χ4n) is 10.7. The average Bonchev–Trinajstić information content (AvgIpc) is 3.24. The maximum absolute atomic E-state index is 14.6. The van der Waals surface area contributed by atoms with Crippen LogP contribution in [0.5, 0.6) is 0 Å². The maximum Gasteiger partial charge on any atom is 0.331 e. The van der Waals surface area contributed by atoms with Crippen molar-refractivity contribution in [1.82, 2.24) is 0 Å². The number of carboxylic acid groups (broad SMARTS) is 1. The van der Waals surface area contributed by atoms with Crippen molar-refractivity contribution >= 4 is 17.7 Å². The van der Waals surface area contributed by atoms with E-state index in [-0.39, 0.29) is 59.6 Å². The number of aliphatic carboxylic acids is 1. The number of aliphatic hydroxyl groups excluding tert-OH is 2. The molecular weight excluding hydrogens is 588 g/mol. The Labute approximate surface area is 273 Å². The van der Waals surface area contributed by atoms with Crippen LogP contribution in [-0.2, 0) is 28.6 Å². The lowest BCUT2D eigenvalue weighted by Crippen LogP contribution is -2.64. The number of ketones is 1. The van der Waals surface area contributed by atoms with Gasteiger partial charge in [0.1, 0.15) is 24.1 Å². The first-order chi connectivity index (χ1) is 21.6. The van der Waals surface area contributed by atoms with Gasteiger partial charge >= 0.3 is 11.9 Å². The molecule has 0 radical (unpaired) electrons. The number of fused-ring (bicyclic) bond motifs is 5. The monoisotopic (exact) mass is 642 g/mol. The lowest BCUT2D eigenvalue weighted by molar-refractivity contribution is -0.237. The van der Waals surface area contributed by atoms with Crippen LogP contribution in [0.2, 0.25) is 0 Å². The van der Waals surface area contributed by atoms with Crippen LogP contribution in [-0.4, -0.2) is 70.4 Å². The zero-order valence-electron chi connectivity index (χ0n) is 28.6. The van der Waals surface area contributed by atoms with Crippen molar-refractivity contribution in [3.63, 3.8) is 0 Å². The molecule has 0 saturated heterocycles. The van der Waals surface area contributed by atoms with E-state index in [0.717, 1.165) is 31.3 Å². The van der Waals surface area contributed by atoms with Crippen LogP contribution in [0.1, 0.15) is 99.8 Å². The van der Waals surface area contributed by atoms with Gasteiger partial charge in [-0.3, -0.25) is 9.59 Å². The van der Waals surface area contributed by atoms with Crippen molar-refractivity contribution in [2.45, 2.75) is 131 Å². The Kier molecular flexibility index (Phi) is 9.84. The number of carbonyl (C=O) groups is 3. The molecule has 0 spiro atoms. The number of carboxylic acids is 1. The summed E-state index contributed by atoms with van der Waals surface area (Å²) in [6.45, 7) is 14.0. The minimum Gasteiger partial charge on any atom is -0.478 e. The average molecular weight is 643 g/mol. The smallest absolute Gasteiger partial charge is 0.331 e. The highest BCUT2D eigenvalue weighted by molar-refractivity contribution is 5.90. The molecule has 1 heterocycles. The number of carbonyl (C=O) groups excluding carboxylic acids is 2. The van der Waals surface area contributed by atoms with Gasteiger partial charge in [0.05, 0.1) is 12.7 Å². The van der Waals surface area contributed by atoms with E-state index in [9.17, 15) is 29.7 Å². The molecule has 4 fully saturated rings. The van der Waals surface area contributed by atoms with Gasteiger partial charge in [-0.1, -0.05) is 45.4 Å². The zero-order valence-corrected chi connectivity index (χ0v) is 28.6. The van der Waals surface area contributed by atoms with E-state index >= 15 is 0 Å². The molecule has 46 heavy (non-hydrogen) atoms. The summed E-state index contributed by atoms with van der Waals surface area (Å²) < 4.78 is 18.1. The second-order valence-electron chi connectivity index (χ2n) is 15.7. The van der Waals surface area contributed by atoms with Gasteiger partial charge in [-0.15, -0.1) is 0 Å². The predicted molar refractivity (Wildman–Crippen MR) is 171 cm³/mol.